The molecule has 0 aromatic heterocycles. The lowest BCUT2D eigenvalue weighted by atomic mass is 10.1. The van der Waals surface area contributed by atoms with Crippen molar-refractivity contribution in [3.63, 3.8) is 0 Å². The number of amides is 2. The Labute approximate surface area is 207 Å². The lowest BCUT2D eigenvalue weighted by Crippen LogP contribution is -2.31. The number of thioether (sulfide) groups is 1. The normalized spacial score (nSPS) is 15.3. The summed E-state index contributed by atoms with van der Waals surface area (Å²) in [5.41, 5.74) is 2.08. The van der Waals surface area contributed by atoms with Crippen LogP contribution in [0.25, 0.3) is 0 Å². The van der Waals surface area contributed by atoms with E-state index < -0.39 is 17.8 Å². The Kier molecular flexibility index (Phi) is 7.31. The minimum atomic E-state index is -0.681. The number of aryl methyl sites for hydroxylation is 1. The van der Waals surface area contributed by atoms with E-state index in [1.807, 2.05) is 31.2 Å². The Morgan fingerprint density at radius 1 is 0.971 bits per heavy atom. The van der Waals surface area contributed by atoms with Gasteiger partial charge in [0.2, 0.25) is 11.8 Å². The summed E-state index contributed by atoms with van der Waals surface area (Å²) in [5, 5.41) is -0.502. The van der Waals surface area contributed by atoms with Gasteiger partial charge in [0.15, 0.2) is 12.4 Å². The first-order valence-electron chi connectivity index (χ1n) is 10.9. The van der Waals surface area contributed by atoms with Gasteiger partial charge in [-0.3, -0.25) is 14.4 Å². The summed E-state index contributed by atoms with van der Waals surface area (Å²) >= 11 is 1.36. The summed E-state index contributed by atoms with van der Waals surface area (Å²) in [6.45, 7) is 1.56. The summed E-state index contributed by atoms with van der Waals surface area (Å²) in [5.74, 6) is -1.10. The first-order valence-corrected chi connectivity index (χ1v) is 11.8. The fourth-order valence-corrected chi connectivity index (χ4v) is 4.64. The molecule has 0 N–H and O–H groups in total. The molecule has 1 fully saturated rings. The number of Topliss-reactive ketones (excluding diaryl/α,β-unsaturated/α-hetero) is 1. The van der Waals surface area contributed by atoms with E-state index in [1.54, 1.807) is 24.3 Å². The molecule has 35 heavy (non-hydrogen) atoms. The summed E-state index contributed by atoms with van der Waals surface area (Å²) < 4.78 is 10.2. The number of anilines is 1. The predicted octanol–water partition coefficient (Wildman–Crippen LogP) is 4.47. The van der Waals surface area contributed by atoms with Crippen LogP contribution in [0.5, 0.6) is 5.75 Å². The Bertz CT molecular complexity index is 1270. The van der Waals surface area contributed by atoms with Gasteiger partial charge in [-0.1, -0.05) is 29.8 Å². The monoisotopic (exact) mass is 489 g/mol. The molecule has 1 atom stereocenters. The van der Waals surface area contributed by atoms with E-state index in [2.05, 4.69) is 0 Å². The van der Waals surface area contributed by atoms with Gasteiger partial charge in [-0.05, 0) is 55.5 Å². The van der Waals surface area contributed by atoms with Crippen molar-refractivity contribution in [3.05, 3.63) is 89.5 Å². The highest BCUT2D eigenvalue weighted by molar-refractivity contribution is 8.00. The largest absolute Gasteiger partial charge is 0.497 e. The molecule has 3 aromatic rings. The zero-order valence-electron chi connectivity index (χ0n) is 19.2. The van der Waals surface area contributed by atoms with Crippen molar-refractivity contribution < 1.29 is 28.7 Å². The quantitative estimate of drug-likeness (QED) is 0.262. The Morgan fingerprint density at radius 3 is 2.37 bits per heavy atom. The third-order valence-corrected chi connectivity index (χ3v) is 6.69. The van der Waals surface area contributed by atoms with Crippen molar-refractivity contribution in [3.8, 4) is 5.75 Å². The van der Waals surface area contributed by atoms with Gasteiger partial charge in [0.05, 0.1) is 23.6 Å². The lowest BCUT2D eigenvalue weighted by molar-refractivity contribution is -0.121. The summed E-state index contributed by atoms with van der Waals surface area (Å²) in [7, 11) is 1.50. The van der Waals surface area contributed by atoms with Crippen molar-refractivity contribution in [1.29, 1.82) is 0 Å². The van der Waals surface area contributed by atoms with Crippen LogP contribution in [0.4, 0.5) is 5.69 Å². The van der Waals surface area contributed by atoms with E-state index in [0.29, 0.717) is 17.0 Å². The minimum Gasteiger partial charge on any atom is -0.497 e. The maximum Gasteiger partial charge on any atom is 0.338 e. The number of nitrogens with zero attached hydrogens (tertiary/aromatic N) is 1. The number of ether oxygens (including phenoxy) is 2. The molecule has 1 saturated heterocycles. The maximum atomic E-state index is 12.9. The highest BCUT2D eigenvalue weighted by atomic mass is 32.2. The van der Waals surface area contributed by atoms with Gasteiger partial charge < -0.3 is 9.47 Å². The van der Waals surface area contributed by atoms with Crippen LogP contribution < -0.4 is 9.64 Å². The fraction of sp³-hybridized carbons (Fsp3) is 0.185. The maximum absolute atomic E-state index is 12.9. The second-order valence-electron chi connectivity index (χ2n) is 7.97. The van der Waals surface area contributed by atoms with Crippen molar-refractivity contribution in [2.45, 2.75) is 23.5 Å². The first-order chi connectivity index (χ1) is 16.9. The van der Waals surface area contributed by atoms with Crippen molar-refractivity contribution in [1.82, 2.24) is 0 Å². The number of hydrogen-bond donors (Lipinski definition) is 0. The van der Waals surface area contributed by atoms with Gasteiger partial charge in [0.25, 0.3) is 0 Å². The number of benzene rings is 3. The molecule has 1 heterocycles. The molecular formula is C27H23NO6S. The zero-order chi connectivity index (χ0) is 24.9. The highest BCUT2D eigenvalue weighted by Crippen LogP contribution is 2.34. The molecule has 2 amide bonds. The van der Waals surface area contributed by atoms with Crippen LogP contribution in [-0.2, 0) is 14.3 Å². The third-order valence-electron chi connectivity index (χ3n) is 5.49. The molecule has 0 bridgehead atoms. The molecule has 1 aliphatic rings. The predicted molar refractivity (Wildman–Crippen MR) is 132 cm³/mol. The number of carbonyl (C=O) groups excluding carboxylic acids is 4. The van der Waals surface area contributed by atoms with Gasteiger partial charge in [0, 0.05) is 16.9 Å². The number of rotatable bonds is 8. The van der Waals surface area contributed by atoms with Gasteiger partial charge in [0.1, 0.15) is 5.75 Å². The summed E-state index contributed by atoms with van der Waals surface area (Å²) in [6.07, 6.45) is 0.105. The van der Waals surface area contributed by atoms with Gasteiger partial charge in [-0.2, -0.15) is 0 Å². The smallest absolute Gasteiger partial charge is 0.338 e. The molecule has 1 unspecified atom stereocenters. The standard InChI is InChI=1S/C27H23NO6S/c1-17-6-12-22(13-7-17)35-24-15-25(30)28(26(24)31)20-10-8-18(9-11-20)27(32)34-16-23(29)19-4-3-5-21(14-19)33-2/h3-14,24H,15-16H2,1-2H3. The third kappa shape index (κ3) is 5.60. The van der Waals surface area contributed by atoms with Gasteiger partial charge in [-0.15, -0.1) is 11.8 Å². The second kappa shape index (κ2) is 10.6. The van der Waals surface area contributed by atoms with E-state index in [0.717, 1.165) is 15.4 Å². The Balaban J connectivity index is 1.37. The van der Waals surface area contributed by atoms with Crippen LogP contribution in [0, 0.1) is 6.92 Å². The van der Waals surface area contributed by atoms with E-state index in [9.17, 15) is 19.2 Å². The van der Waals surface area contributed by atoms with Crippen LogP contribution in [0.15, 0.2) is 77.7 Å². The number of esters is 1. The van der Waals surface area contributed by atoms with Gasteiger partial charge in [-0.25, -0.2) is 9.69 Å². The van der Waals surface area contributed by atoms with Crippen LogP contribution in [0.2, 0.25) is 0 Å². The average molecular weight is 490 g/mol. The highest BCUT2D eigenvalue weighted by Gasteiger charge is 2.40. The van der Waals surface area contributed by atoms with E-state index in [4.69, 9.17) is 9.47 Å². The Morgan fingerprint density at radius 2 is 1.69 bits per heavy atom. The molecule has 1 aliphatic heterocycles. The van der Waals surface area contributed by atoms with E-state index >= 15 is 0 Å². The Hall–Kier alpha value is -3.91. The number of carbonyl (C=O) groups is 4. The molecule has 0 saturated carbocycles. The van der Waals surface area contributed by atoms with E-state index in [-0.39, 0.29) is 29.6 Å². The molecule has 7 nitrogen and oxygen atoms in total. The van der Waals surface area contributed by atoms with E-state index in [1.165, 1.54) is 43.1 Å². The topological polar surface area (TPSA) is 90.0 Å². The molecule has 0 aliphatic carbocycles. The van der Waals surface area contributed by atoms with Crippen molar-refractivity contribution in [2.24, 2.45) is 0 Å². The SMILES string of the molecule is COc1cccc(C(=O)COC(=O)c2ccc(N3C(=O)CC(Sc4ccc(C)cc4)C3=O)cc2)c1. The fourth-order valence-electron chi connectivity index (χ4n) is 3.59. The van der Waals surface area contributed by atoms with Crippen LogP contribution in [0.3, 0.4) is 0 Å². The molecule has 178 valence electrons. The number of ketones is 1. The average Bonchev–Trinajstić information content (AvgIpc) is 3.16. The number of methoxy groups -OCH3 is 1. The molecule has 0 radical (unpaired) electrons. The summed E-state index contributed by atoms with van der Waals surface area (Å²) in [6, 6.07) is 20.3. The lowest BCUT2D eigenvalue weighted by Gasteiger charge is -2.15. The van der Waals surface area contributed by atoms with Crippen LogP contribution in [0.1, 0.15) is 32.7 Å². The minimum absolute atomic E-state index is 0.105. The zero-order valence-corrected chi connectivity index (χ0v) is 20.0. The number of imide groups is 1. The van der Waals surface area contributed by atoms with Gasteiger partial charge >= 0.3 is 5.97 Å². The summed E-state index contributed by atoms with van der Waals surface area (Å²) in [4.78, 5) is 52.3. The molecule has 0 spiro atoms. The molecule has 8 heteroatoms. The van der Waals surface area contributed by atoms with Crippen LogP contribution >= 0.6 is 11.8 Å². The number of hydrogen-bond acceptors (Lipinski definition) is 7. The van der Waals surface area contributed by atoms with Crippen LogP contribution in [-0.4, -0.2) is 42.5 Å². The molecular weight excluding hydrogens is 466 g/mol. The van der Waals surface area contributed by atoms with Crippen molar-refractivity contribution >= 4 is 41.0 Å². The van der Waals surface area contributed by atoms with Crippen molar-refractivity contribution in [2.75, 3.05) is 18.6 Å². The molecule has 4 rings (SSSR count). The molecule has 3 aromatic carbocycles. The first kappa shape index (κ1) is 24.2. The second-order valence-corrected chi connectivity index (χ2v) is 9.25.